The summed E-state index contributed by atoms with van der Waals surface area (Å²) in [4.78, 5) is 11.6. The Morgan fingerprint density at radius 1 is 1.19 bits per heavy atom. The molecule has 16 heavy (non-hydrogen) atoms. The minimum atomic E-state index is -0.271. The lowest BCUT2D eigenvalue weighted by molar-refractivity contribution is 0.626. The average Bonchev–Trinajstić information content (AvgIpc) is 2.25. The van der Waals surface area contributed by atoms with Crippen LogP contribution < -0.4 is 5.56 Å². The molecule has 0 radical (unpaired) electrons. The highest BCUT2D eigenvalue weighted by atomic mass is 79.9. The van der Waals surface area contributed by atoms with Gasteiger partial charge in [-0.05, 0) is 23.8 Å². The number of benzene rings is 1. The molecule has 0 unspecified atom stereocenters. The van der Waals surface area contributed by atoms with Crippen molar-refractivity contribution in [2.75, 3.05) is 0 Å². The van der Waals surface area contributed by atoms with E-state index in [1.807, 2.05) is 0 Å². The summed E-state index contributed by atoms with van der Waals surface area (Å²) in [7, 11) is 0. The van der Waals surface area contributed by atoms with E-state index in [1.165, 1.54) is 18.2 Å². The Morgan fingerprint density at radius 2 is 1.88 bits per heavy atom. The van der Waals surface area contributed by atoms with Gasteiger partial charge in [-0.15, -0.1) is 0 Å². The van der Waals surface area contributed by atoms with Gasteiger partial charge in [0.25, 0.3) is 5.56 Å². The van der Waals surface area contributed by atoms with E-state index < -0.39 is 0 Å². The molecule has 0 aliphatic rings. The Labute approximate surface area is 100 Å². The SMILES string of the molecule is O=c1cc(Br)ccn1Cc1ccc(F)cc1. The van der Waals surface area contributed by atoms with Gasteiger partial charge in [0.1, 0.15) is 5.82 Å². The topological polar surface area (TPSA) is 22.0 Å². The minimum Gasteiger partial charge on any atom is -0.311 e. The molecule has 1 aromatic carbocycles. The molecule has 0 saturated carbocycles. The number of pyridine rings is 1. The number of aromatic nitrogens is 1. The van der Waals surface area contributed by atoms with Gasteiger partial charge < -0.3 is 4.57 Å². The number of rotatable bonds is 2. The van der Waals surface area contributed by atoms with Crippen molar-refractivity contribution in [2.45, 2.75) is 6.54 Å². The van der Waals surface area contributed by atoms with E-state index in [2.05, 4.69) is 15.9 Å². The zero-order chi connectivity index (χ0) is 11.5. The van der Waals surface area contributed by atoms with Crippen LogP contribution in [0.2, 0.25) is 0 Å². The second-order valence-electron chi connectivity index (χ2n) is 3.44. The molecule has 0 spiro atoms. The van der Waals surface area contributed by atoms with Gasteiger partial charge in [0, 0.05) is 16.7 Å². The van der Waals surface area contributed by atoms with Crippen molar-refractivity contribution in [2.24, 2.45) is 0 Å². The van der Waals surface area contributed by atoms with Crippen LogP contribution in [0.5, 0.6) is 0 Å². The molecule has 0 aliphatic carbocycles. The monoisotopic (exact) mass is 281 g/mol. The standard InChI is InChI=1S/C12H9BrFNO/c13-10-5-6-15(12(16)7-10)8-9-1-3-11(14)4-2-9/h1-7H,8H2. The minimum absolute atomic E-state index is 0.0845. The van der Waals surface area contributed by atoms with Crippen molar-refractivity contribution in [3.63, 3.8) is 0 Å². The van der Waals surface area contributed by atoms with Crippen LogP contribution in [0.3, 0.4) is 0 Å². The summed E-state index contributed by atoms with van der Waals surface area (Å²) >= 11 is 3.23. The highest BCUT2D eigenvalue weighted by Gasteiger charge is 1.99. The molecule has 1 heterocycles. The molecule has 2 aromatic rings. The molecular weight excluding hydrogens is 273 g/mol. The summed E-state index contributed by atoms with van der Waals surface area (Å²) in [5.41, 5.74) is 0.810. The molecule has 0 amide bonds. The second-order valence-corrected chi connectivity index (χ2v) is 4.35. The molecule has 0 bridgehead atoms. The van der Waals surface area contributed by atoms with Gasteiger partial charge in [0.05, 0.1) is 6.54 Å². The van der Waals surface area contributed by atoms with Gasteiger partial charge in [0.15, 0.2) is 0 Å². The fourth-order valence-corrected chi connectivity index (χ4v) is 1.71. The Kier molecular flexibility index (Phi) is 3.19. The van der Waals surface area contributed by atoms with E-state index in [1.54, 1.807) is 29.0 Å². The molecular formula is C12H9BrFNO. The van der Waals surface area contributed by atoms with Gasteiger partial charge in [-0.3, -0.25) is 4.79 Å². The Morgan fingerprint density at radius 3 is 2.50 bits per heavy atom. The fourth-order valence-electron chi connectivity index (χ4n) is 1.40. The Bertz CT molecular complexity index is 548. The number of halogens is 2. The predicted molar refractivity (Wildman–Crippen MR) is 63.9 cm³/mol. The molecule has 1 aromatic heterocycles. The van der Waals surface area contributed by atoms with E-state index >= 15 is 0 Å². The molecule has 0 aliphatic heterocycles. The van der Waals surface area contributed by atoms with Crippen molar-refractivity contribution in [1.82, 2.24) is 4.57 Å². The predicted octanol–water partition coefficient (Wildman–Crippen LogP) is 2.80. The zero-order valence-corrected chi connectivity index (χ0v) is 9.95. The third-order valence-corrected chi connectivity index (χ3v) is 2.72. The zero-order valence-electron chi connectivity index (χ0n) is 8.36. The van der Waals surface area contributed by atoms with Gasteiger partial charge in [-0.2, -0.15) is 0 Å². The summed E-state index contributed by atoms with van der Waals surface area (Å²) in [5.74, 6) is -0.271. The van der Waals surface area contributed by atoms with Gasteiger partial charge in [-0.25, -0.2) is 4.39 Å². The lowest BCUT2D eigenvalue weighted by atomic mass is 10.2. The smallest absolute Gasteiger partial charge is 0.251 e. The van der Waals surface area contributed by atoms with E-state index in [-0.39, 0.29) is 11.4 Å². The third-order valence-electron chi connectivity index (χ3n) is 2.22. The fraction of sp³-hybridized carbons (Fsp3) is 0.0833. The largest absolute Gasteiger partial charge is 0.311 e. The van der Waals surface area contributed by atoms with Crippen molar-refractivity contribution in [3.8, 4) is 0 Å². The molecule has 0 saturated heterocycles. The maximum Gasteiger partial charge on any atom is 0.251 e. The second kappa shape index (κ2) is 4.61. The average molecular weight is 282 g/mol. The van der Waals surface area contributed by atoms with Crippen LogP contribution in [0.15, 0.2) is 51.9 Å². The van der Waals surface area contributed by atoms with Crippen LogP contribution in [0, 0.1) is 5.82 Å². The van der Waals surface area contributed by atoms with Crippen LogP contribution in [-0.2, 0) is 6.54 Å². The van der Waals surface area contributed by atoms with Gasteiger partial charge in [-0.1, -0.05) is 28.1 Å². The third kappa shape index (κ3) is 2.58. The van der Waals surface area contributed by atoms with Gasteiger partial charge >= 0.3 is 0 Å². The summed E-state index contributed by atoms with van der Waals surface area (Å²) in [6.45, 7) is 0.451. The van der Waals surface area contributed by atoms with Crippen LogP contribution in [-0.4, -0.2) is 4.57 Å². The maximum atomic E-state index is 12.7. The lowest BCUT2D eigenvalue weighted by Gasteiger charge is -2.05. The normalized spacial score (nSPS) is 10.4. The highest BCUT2D eigenvalue weighted by molar-refractivity contribution is 9.10. The highest BCUT2D eigenvalue weighted by Crippen LogP contribution is 2.07. The molecule has 4 heteroatoms. The van der Waals surface area contributed by atoms with Crippen molar-refractivity contribution in [1.29, 1.82) is 0 Å². The van der Waals surface area contributed by atoms with Gasteiger partial charge in [0.2, 0.25) is 0 Å². The lowest BCUT2D eigenvalue weighted by Crippen LogP contribution is -2.18. The summed E-state index contributed by atoms with van der Waals surface area (Å²) < 4.78 is 15.0. The van der Waals surface area contributed by atoms with E-state index in [9.17, 15) is 9.18 Å². The summed E-state index contributed by atoms with van der Waals surface area (Å²) in [6, 6.07) is 9.42. The van der Waals surface area contributed by atoms with Crippen molar-refractivity contribution in [3.05, 3.63) is 68.8 Å². The molecule has 0 fully saturated rings. The van der Waals surface area contributed by atoms with Crippen LogP contribution in [0.4, 0.5) is 4.39 Å². The molecule has 2 nitrogen and oxygen atoms in total. The van der Waals surface area contributed by atoms with Crippen molar-refractivity contribution >= 4 is 15.9 Å². The van der Waals surface area contributed by atoms with E-state index in [0.29, 0.717) is 6.54 Å². The Balaban J connectivity index is 2.27. The molecule has 82 valence electrons. The maximum absolute atomic E-state index is 12.7. The first kappa shape index (κ1) is 11.1. The Hall–Kier alpha value is -1.42. The van der Waals surface area contributed by atoms with Crippen LogP contribution in [0.25, 0.3) is 0 Å². The first-order valence-electron chi connectivity index (χ1n) is 4.75. The quantitative estimate of drug-likeness (QED) is 0.830. The molecule has 2 rings (SSSR count). The van der Waals surface area contributed by atoms with E-state index in [0.717, 1.165) is 10.0 Å². The molecule has 0 atom stereocenters. The first-order chi connectivity index (χ1) is 7.65. The van der Waals surface area contributed by atoms with E-state index in [4.69, 9.17) is 0 Å². The van der Waals surface area contributed by atoms with Crippen LogP contribution in [0.1, 0.15) is 5.56 Å². The number of hydrogen-bond donors (Lipinski definition) is 0. The number of hydrogen-bond acceptors (Lipinski definition) is 1. The first-order valence-corrected chi connectivity index (χ1v) is 5.55. The summed E-state index contributed by atoms with van der Waals surface area (Å²) in [6.07, 6.45) is 1.70. The van der Waals surface area contributed by atoms with Crippen LogP contribution >= 0.6 is 15.9 Å². The van der Waals surface area contributed by atoms with Crippen molar-refractivity contribution < 1.29 is 4.39 Å². The summed E-state index contributed by atoms with van der Waals surface area (Å²) in [5, 5.41) is 0. The number of nitrogens with zero attached hydrogens (tertiary/aromatic N) is 1. The molecule has 0 N–H and O–H groups in total.